The molecule has 2 amide bonds. The zero-order valence-corrected chi connectivity index (χ0v) is 10.9. The number of hydrogen-bond acceptors (Lipinski definition) is 3. The Hall–Kier alpha value is -1.91. The van der Waals surface area contributed by atoms with Crippen LogP contribution in [-0.4, -0.2) is 22.8 Å². The van der Waals surface area contributed by atoms with Crippen LogP contribution in [0.25, 0.3) is 0 Å². The summed E-state index contributed by atoms with van der Waals surface area (Å²) in [5, 5.41) is 5.61. The van der Waals surface area contributed by atoms with E-state index < -0.39 is 0 Å². The molecule has 0 saturated heterocycles. The SMILES string of the molecule is O=C(CC(=O)NC1CCCC1)NCc1cccnc1. The number of carbonyl (C=O) groups is 2. The van der Waals surface area contributed by atoms with Gasteiger partial charge in [-0.05, 0) is 24.5 Å². The molecule has 1 saturated carbocycles. The summed E-state index contributed by atoms with van der Waals surface area (Å²) < 4.78 is 0. The number of nitrogens with one attached hydrogen (secondary N) is 2. The van der Waals surface area contributed by atoms with Crippen LogP contribution < -0.4 is 10.6 Å². The molecule has 0 aliphatic heterocycles. The maximum atomic E-state index is 11.6. The van der Waals surface area contributed by atoms with Crippen LogP contribution in [0.5, 0.6) is 0 Å². The zero-order chi connectivity index (χ0) is 13.5. The van der Waals surface area contributed by atoms with Crippen molar-refractivity contribution in [3.05, 3.63) is 30.1 Å². The van der Waals surface area contributed by atoms with Gasteiger partial charge >= 0.3 is 0 Å². The fraction of sp³-hybridized carbons (Fsp3) is 0.500. The predicted molar refractivity (Wildman–Crippen MR) is 71.1 cm³/mol. The molecule has 0 unspecified atom stereocenters. The topological polar surface area (TPSA) is 71.1 Å². The van der Waals surface area contributed by atoms with E-state index >= 15 is 0 Å². The molecule has 1 aliphatic rings. The smallest absolute Gasteiger partial charge is 0.229 e. The van der Waals surface area contributed by atoms with Crippen molar-refractivity contribution in [3.8, 4) is 0 Å². The van der Waals surface area contributed by atoms with Crippen LogP contribution in [0.2, 0.25) is 0 Å². The molecule has 0 aromatic carbocycles. The monoisotopic (exact) mass is 261 g/mol. The van der Waals surface area contributed by atoms with Crippen LogP contribution in [0.15, 0.2) is 24.5 Å². The second-order valence-electron chi connectivity index (χ2n) is 4.86. The summed E-state index contributed by atoms with van der Waals surface area (Å²) >= 11 is 0. The summed E-state index contributed by atoms with van der Waals surface area (Å²) in [5.41, 5.74) is 0.923. The Labute approximate surface area is 112 Å². The van der Waals surface area contributed by atoms with Gasteiger partial charge in [0.05, 0.1) is 0 Å². The fourth-order valence-electron chi connectivity index (χ4n) is 2.26. The Balaban J connectivity index is 1.67. The van der Waals surface area contributed by atoms with E-state index in [1.807, 2.05) is 12.1 Å². The first-order valence-corrected chi connectivity index (χ1v) is 6.69. The lowest BCUT2D eigenvalue weighted by molar-refractivity contribution is -0.129. The van der Waals surface area contributed by atoms with E-state index in [9.17, 15) is 9.59 Å². The molecular formula is C14H19N3O2. The maximum Gasteiger partial charge on any atom is 0.229 e. The van der Waals surface area contributed by atoms with E-state index in [0.717, 1.165) is 31.2 Å². The van der Waals surface area contributed by atoms with Gasteiger partial charge in [-0.3, -0.25) is 14.6 Å². The van der Waals surface area contributed by atoms with E-state index in [1.165, 1.54) is 0 Å². The van der Waals surface area contributed by atoms with Crippen LogP contribution >= 0.6 is 0 Å². The minimum Gasteiger partial charge on any atom is -0.353 e. The average molecular weight is 261 g/mol. The van der Waals surface area contributed by atoms with E-state index in [1.54, 1.807) is 12.4 Å². The molecule has 1 aromatic heterocycles. The first-order valence-electron chi connectivity index (χ1n) is 6.69. The second-order valence-corrected chi connectivity index (χ2v) is 4.86. The molecule has 0 bridgehead atoms. The number of nitrogens with zero attached hydrogens (tertiary/aromatic N) is 1. The van der Waals surface area contributed by atoms with Gasteiger partial charge in [-0.25, -0.2) is 0 Å². The number of aromatic nitrogens is 1. The highest BCUT2D eigenvalue weighted by Crippen LogP contribution is 2.17. The summed E-state index contributed by atoms with van der Waals surface area (Å²) in [7, 11) is 0. The van der Waals surface area contributed by atoms with Crippen molar-refractivity contribution in [2.24, 2.45) is 0 Å². The Kier molecular flexibility index (Phi) is 4.89. The van der Waals surface area contributed by atoms with Gasteiger partial charge < -0.3 is 10.6 Å². The normalized spacial score (nSPS) is 15.2. The highest BCUT2D eigenvalue weighted by molar-refractivity contribution is 5.96. The predicted octanol–water partition coefficient (Wildman–Crippen LogP) is 1.15. The van der Waals surface area contributed by atoms with E-state index in [-0.39, 0.29) is 24.3 Å². The molecule has 5 heteroatoms. The quantitative estimate of drug-likeness (QED) is 0.781. The van der Waals surface area contributed by atoms with Crippen molar-refractivity contribution in [2.45, 2.75) is 44.7 Å². The summed E-state index contributed by atoms with van der Waals surface area (Å²) in [6, 6.07) is 3.96. The van der Waals surface area contributed by atoms with Crippen LogP contribution in [0, 0.1) is 0 Å². The van der Waals surface area contributed by atoms with Gasteiger partial charge in [0.2, 0.25) is 11.8 Å². The third-order valence-corrected chi connectivity index (χ3v) is 3.25. The number of rotatable bonds is 5. The molecule has 5 nitrogen and oxygen atoms in total. The standard InChI is InChI=1S/C14H19N3O2/c18-13(16-10-11-4-3-7-15-9-11)8-14(19)17-12-5-1-2-6-12/h3-4,7,9,12H,1-2,5-6,8,10H2,(H,16,18)(H,17,19). The summed E-state index contributed by atoms with van der Waals surface area (Å²) in [4.78, 5) is 27.2. The van der Waals surface area contributed by atoms with Crippen molar-refractivity contribution < 1.29 is 9.59 Å². The molecule has 19 heavy (non-hydrogen) atoms. The molecule has 1 fully saturated rings. The average Bonchev–Trinajstić information content (AvgIpc) is 2.90. The van der Waals surface area contributed by atoms with Gasteiger partial charge in [-0.15, -0.1) is 0 Å². The highest BCUT2D eigenvalue weighted by atomic mass is 16.2. The Morgan fingerprint density at radius 2 is 2.05 bits per heavy atom. The Morgan fingerprint density at radius 3 is 2.74 bits per heavy atom. The van der Waals surface area contributed by atoms with Gasteiger partial charge in [0.25, 0.3) is 0 Å². The number of amides is 2. The van der Waals surface area contributed by atoms with E-state index in [4.69, 9.17) is 0 Å². The Morgan fingerprint density at radius 1 is 1.26 bits per heavy atom. The molecule has 2 N–H and O–H groups in total. The van der Waals surface area contributed by atoms with Gasteiger partial charge in [0, 0.05) is 25.0 Å². The van der Waals surface area contributed by atoms with Crippen molar-refractivity contribution in [1.82, 2.24) is 15.6 Å². The van der Waals surface area contributed by atoms with Crippen LogP contribution in [0.3, 0.4) is 0 Å². The largest absolute Gasteiger partial charge is 0.353 e. The summed E-state index contributed by atoms with van der Waals surface area (Å²) in [5.74, 6) is -0.435. The number of hydrogen-bond donors (Lipinski definition) is 2. The van der Waals surface area contributed by atoms with Crippen molar-refractivity contribution >= 4 is 11.8 Å². The number of pyridine rings is 1. The molecule has 2 rings (SSSR count). The summed E-state index contributed by atoms with van der Waals surface area (Å²) in [6.45, 7) is 0.406. The molecule has 0 spiro atoms. The van der Waals surface area contributed by atoms with Crippen molar-refractivity contribution in [1.29, 1.82) is 0 Å². The minimum atomic E-state index is -0.251. The van der Waals surface area contributed by atoms with Crippen LogP contribution in [-0.2, 0) is 16.1 Å². The lowest BCUT2D eigenvalue weighted by Gasteiger charge is -2.11. The summed E-state index contributed by atoms with van der Waals surface area (Å²) in [6.07, 6.45) is 7.67. The lowest BCUT2D eigenvalue weighted by atomic mass is 10.2. The Bertz CT molecular complexity index is 428. The highest BCUT2D eigenvalue weighted by Gasteiger charge is 2.18. The first-order chi connectivity index (χ1) is 9.24. The third-order valence-electron chi connectivity index (χ3n) is 3.25. The van der Waals surface area contributed by atoms with Gasteiger partial charge in [0.1, 0.15) is 6.42 Å². The van der Waals surface area contributed by atoms with E-state index in [2.05, 4.69) is 15.6 Å². The first kappa shape index (κ1) is 13.5. The molecule has 0 radical (unpaired) electrons. The molecule has 102 valence electrons. The molecule has 1 aromatic rings. The van der Waals surface area contributed by atoms with Crippen molar-refractivity contribution in [2.75, 3.05) is 0 Å². The van der Waals surface area contributed by atoms with Crippen LogP contribution in [0.4, 0.5) is 0 Å². The number of carbonyl (C=O) groups excluding carboxylic acids is 2. The second kappa shape index (κ2) is 6.87. The van der Waals surface area contributed by atoms with E-state index in [0.29, 0.717) is 6.54 Å². The lowest BCUT2D eigenvalue weighted by Crippen LogP contribution is -2.36. The van der Waals surface area contributed by atoms with Gasteiger partial charge in [-0.2, -0.15) is 0 Å². The zero-order valence-electron chi connectivity index (χ0n) is 10.9. The van der Waals surface area contributed by atoms with Crippen LogP contribution in [0.1, 0.15) is 37.7 Å². The third kappa shape index (κ3) is 4.69. The maximum absolute atomic E-state index is 11.6. The molecule has 1 aliphatic carbocycles. The fourth-order valence-corrected chi connectivity index (χ4v) is 2.26. The minimum absolute atomic E-state index is 0.100. The molecular weight excluding hydrogens is 242 g/mol. The molecule has 1 heterocycles. The van der Waals surface area contributed by atoms with Gasteiger partial charge in [0.15, 0.2) is 0 Å². The van der Waals surface area contributed by atoms with Crippen molar-refractivity contribution in [3.63, 3.8) is 0 Å². The van der Waals surface area contributed by atoms with Gasteiger partial charge in [-0.1, -0.05) is 18.9 Å². The molecule has 0 atom stereocenters.